The number of rotatable bonds is 1. The van der Waals surface area contributed by atoms with E-state index in [9.17, 15) is 4.79 Å². The second-order valence-corrected chi connectivity index (χ2v) is 2.80. The number of amides is 2. The summed E-state index contributed by atoms with van der Waals surface area (Å²) in [6.45, 7) is 0. The average Bonchev–Trinajstić information content (AvgIpc) is 1.85. The van der Waals surface area contributed by atoms with E-state index in [-0.39, 0.29) is 0 Å². The molecule has 0 unspecified atom stereocenters. The van der Waals surface area contributed by atoms with Crippen LogP contribution in [0.1, 0.15) is 0 Å². The standard InChI is InChI=1S/C6H6BrN3O/c7-4-1-5(3-9-2-4)10-6(8)11/h1-3H,(H3,8,10,11). The topological polar surface area (TPSA) is 68.0 Å². The Balaban J connectivity index is 2.79. The van der Waals surface area contributed by atoms with E-state index in [1.807, 2.05) is 0 Å². The van der Waals surface area contributed by atoms with Crippen molar-refractivity contribution in [2.45, 2.75) is 0 Å². The number of nitrogens with one attached hydrogen (secondary N) is 1. The number of nitrogens with two attached hydrogens (primary N) is 1. The van der Waals surface area contributed by atoms with Gasteiger partial charge in [-0.1, -0.05) is 0 Å². The molecule has 0 aliphatic carbocycles. The molecule has 1 aromatic rings. The van der Waals surface area contributed by atoms with Gasteiger partial charge in [-0.2, -0.15) is 0 Å². The van der Waals surface area contributed by atoms with Gasteiger partial charge in [0.05, 0.1) is 11.9 Å². The maximum absolute atomic E-state index is 10.3. The Kier molecular flexibility index (Phi) is 2.43. The van der Waals surface area contributed by atoms with Crippen LogP contribution in [0.2, 0.25) is 0 Å². The number of hydrogen-bond acceptors (Lipinski definition) is 2. The highest BCUT2D eigenvalue weighted by atomic mass is 79.9. The second kappa shape index (κ2) is 3.34. The number of urea groups is 1. The molecule has 0 fully saturated rings. The van der Waals surface area contributed by atoms with Crippen molar-refractivity contribution in [3.8, 4) is 0 Å². The van der Waals surface area contributed by atoms with Crippen LogP contribution in [-0.2, 0) is 0 Å². The SMILES string of the molecule is NC(=O)Nc1cncc(Br)c1. The summed E-state index contributed by atoms with van der Waals surface area (Å²) in [7, 11) is 0. The van der Waals surface area contributed by atoms with Gasteiger partial charge in [0.25, 0.3) is 0 Å². The fourth-order valence-corrected chi connectivity index (χ4v) is 0.987. The van der Waals surface area contributed by atoms with Crippen LogP contribution in [0.5, 0.6) is 0 Å². The van der Waals surface area contributed by atoms with Gasteiger partial charge in [0.2, 0.25) is 0 Å². The number of primary amides is 1. The fraction of sp³-hybridized carbons (Fsp3) is 0. The van der Waals surface area contributed by atoms with Gasteiger partial charge >= 0.3 is 6.03 Å². The monoisotopic (exact) mass is 215 g/mol. The molecule has 4 nitrogen and oxygen atoms in total. The average molecular weight is 216 g/mol. The first-order valence-electron chi connectivity index (χ1n) is 2.85. The minimum Gasteiger partial charge on any atom is -0.351 e. The summed E-state index contributed by atoms with van der Waals surface area (Å²) in [5, 5.41) is 2.39. The highest BCUT2D eigenvalue weighted by Gasteiger charge is 1.95. The van der Waals surface area contributed by atoms with E-state index < -0.39 is 6.03 Å². The smallest absolute Gasteiger partial charge is 0.316 e. The second-order valence-electron chi connectivity index (χ2n) is 1.88. The third-order valence-electron chi connectivity index (χ3n) is 0.972. The highest BCUT2D eigenvalue weighted by molar-refractivity contribution is 9.10. The van der Waals surface area contributed by atoms with Crippen molar-refractivity contribution in [1.29, 1.82) is 0 Å². The van der Waals surface area contributed by atoms with Gasteiger partial charge in [-0.25, -0.2) is 4.79 Å². The molecule has 0 bridgehead atoms. The molecular weight excluding hydrogens is 210 g/mol. The molecule has 0 aliphatic rings. The van der Waals surface area contributed by atoms with Crippen molar-refractivity contribution in [3.05, 3.63) is 22.9 Å². The Labute approximate surface area is 71.9 Å². The lowest BCUT2D eigenvalue weighted by molar-refractivity contribution is 0.259. The number of anilines is 1. The van der Waals surface area contributed by atoms with Gasteiger partial charge < -0.3 is 11.1 Å². The molecule has 0 radical (unpaired) electrons. The molecule has 2 amide bonds. The molecule has 0 saturated carbocycles. The van der Waals surface area contributed by atoms with E-state index >= 15 is 0 Å². The summed E-state index contributed by atoms with van der Waals surface area (Å²) in [6, 6.07) is 1.11. The molecule has 1 heterocycles. The van der Waals surface area contributed by atoms with Crippen LogP contribution in [0.4, 0.5) is 10.5 Å². The van der Waals surface area contributed by atoms with Crippen LogP contribution in [0.3, 0.4) is 0 Å². The minimum absolute atomic E-state index is 0.576. The lowest BCUT2D eigenvalue weighted by Gasteiger charge is -1.99. The van der Waals surface area contributed by atoms with Crippen LogP contribution in [-0.4, -0.2) is 11.0 Å². The highest BCUT2D eigenvalue weighted by Crippen LogP contribution is 2.12. The lowest BCUT2D eigenvalue weighted by atomic mass is 10.4. The predicted octanol–water partition coefficient (Wildman–Crippen LogP) is 1.33. The molecule has 0 aliphatic heterocycles. The molecule has 3 N–H and O–H groups in total. The molecule has 0 spiro atoms. The van der Waals surface area contributed by atoms with Crippen molar-refractivity contribution in [1.82, 2.24) is 4.98 Å². The Morgan fingerprint density at radius 1 is 1.64 bits per heavy atom. The van der Waals surface area contributed by atoms with Crippen molar-refractivity contribution in [3.63, 3.8) is 0 Å². The summed E-state index contributed by atoms with van der Waals surface area (Å²) in [4.78, 5) is 14.2. The zero-order chi connectivity index (χ0) is 8.27. The van der Waals surface area contributed by atoms with Crippen molar-refractivity contribution < 1.29 is 4.79 Å². The number of pyridine rings is 1. The van der Waals surface area contributed by atoms with Gasteiger partial charge in [0.15, 0.2) is 0 Å². The van der Waals surface area contributed by atoms with Gasteiger partial charge in [0.1, 0.15) is 0 Å². The zero-order valence-electron chi connectivity index (χ0n) is 5.54. The third kappa shape index (κ3) is 2.55. The first-order valence-corrected chi connectivity index (χ1v) is 3.65. The van der Waals surface area contributed by atoms with Gasteiger partial charge in [-0.05, 0) is 22.0 Å². The molecule has 5 heteroatoms. The normalized spacial score (nSPS) is 9.18. The number of hydrogen-bond donors (Lipinski definition) is 2. The van der Waals surface area contributed by atoms with Crippen molar-refractivity contribution in [2.75, 3.05) is 5.32 Å². The molecule has 0 aromatic carbocycles. The Morgan fingerprint density at radius 2 is 2.36 bits per heavy atom. The molecule has 0 atom stereocenters. The van der Waals surface area contributed by atoms with Gasteiger partial charge in [-0.3, -0.25) is 4.98 Å². The minimum atomic E-state index is -0.593. The largest absolute Gasteiger partial charge is 0.351 e. The maximum Gasteiger partial charge on any atom is 0.316 e. The maximum atomic E-state index is 10.3. The van der Waals surface area contributed by atoms with Crippen molar-refractivity contribution >= 4 is 27.6 Å². The molecule has 1 rings (SSSR count). The van der Waals surface area contributed by atoms with Crippen LogP contribution in [0.15, 0.2) is 22.9 Å². The summed E-state index contributed by atoms with van der Waals surface area (Å²) in [5.74, 6) is 0. The van der Waals surface area contributed by atoms with Crippen LogP contribution >= 0.6 is 15.9 Å². The first-order chi connectivity index (χ1) is 5.18. The van der Waals surface area contributed by atoms with Crippen LogP contribution < -0.4 is 11.1 Å². The summed E-state index contributed by atoms with van der Waals surface area (Å²) in [6.07, 6.45) is 3.13. The first kappa shape index (κ1) is 8.00. The molecule has 1 aromatic heterocycles. The summed E-state index contributed by atoms with van der Waals surface area (Å²) in [5.41, 5.74) is 5.46. The van der Waals surface area contributed by atoms with E-state index in [1.54, 1.807) is 12.3 Å². The number of carbonyl (C=O) groups is 1. The molecule has 0 saturated heterocycles. The van der Waals surface area contributed by atoms with E-state index in [2.05, 4.69) is 26.2 Å². The molecular formula is C6H6BrN3O. The number of aromatic nitrogens is 1. The number of nitrogens with zero attached hydrogens (tertiary/aromatic N) is 1. The molecule has 11 heavy (non-hydrogen) atoms. The van der Waals surface area contributed by atoms with Crippen molar-refractivity contribution in [2.24, 2.45) is 5.73 Å². The van der Waals surface area contributed by atoms with Crippen LogP contribution in [0, 0.1) is 0 Å². The molecule has 58 valence electrons. The zero-order valence-corrected chi connectivity index (χ0v) is 7.13. The van der Waals surface area contributed by atoms with E-state index in [4.69, 9.17) is 5.73 Å². The van der Waals surface area contributed by atoms with Gasteiger partial charge in [-0.15, -0.1) is 0 Å². The fourth-order valence-electron chi connectivity index (χ4n) is 0.622. The van der Waals surface area contributed by atoms with E-state index in [0.717, 1.165) is 4.47 Å². The Bertz CT molecular complexity index is 276. The third-order valence-corrected chi connectivity index (χ3v) is 1.41. The Hall–Kier alpha value is -1.10. The van der Waals surface area contributed by atoms with E-state index in [1.165, 1.54) is 6.20 Å². The Morgan fingerprint density at radius 3 is 2.91 bits per heavy atom. The predicted molar refractivity (Wildman–Crippen MR) is 45.1 cm³/mol. The lowest BCUT2D eigenvalue weighted by Crippen LogP contribution is -2.19. The summed E-state index contributed by atoms with van der Waals surface area (Å²) >= 11 is 3.20. The summed E-state index contributed by atoms with van der Waals surface area (Å²) < 4.78 is 0.795. The number of carbonyl (C=O) groups excluding carboxylic acids is 1. The number of halogens is 1. The van der Waals surface area contributed by atoms with Crippen LogP contribution in [0.25, 0.3) is 0 Å². The van der Waals surface area contributed by atoms with Gasteiger partial charge in [0, 0.05) is 10.7 Å². The quantitative estimate of drug-likeness (QED) is 0.743. The van der Waals surface area contributed by atoms with E-state index in [0.29, 0.717) is 5.69 Å².